The number of halogens is 4. The number of benzene rings is 3. The Kier molecular flexibility index (Phi) is 7.56. The minimum Gasteiger partial charge on any atom is -0.493 e. The highest BCUT2D eigenvalue weighted by Gasteiger charge is 2.11. The minimum atomic E-state index is -0.489. The first-order valence-corrected chi connectivity index (χ1v) is 10.1. The van der Waals surface area contributed by atoms with Crippen LogP contribution in [0.25, 0.3) is 0 Å². The standard InChI is InChI=1S/C21H16Cl4N2O3/c1-29-18-6-5-15(26-21(28)27-17-4-2-3-16(24)20(17)25)10-19(18)30-11-12-7-13(22)9-14(23)8-12/h2-10H,11H2,1H3,(H2,26,27,28). The van der Waals surface area contributed by atoms with Crippen LogP contribution in [0.4, 0.5) is 16.2 Å². The summed E-state index contributed by atoms with van der Waals surface area (Å²) in [5.74, 6) is 0.944. The number of urea groups is 1. The number of rotatable bonds is 6. The number of ether oxygens (including phenoxy) is 2. The monoisotopic (exact) mass is 484 g/mol. The van der Waals surface area contributed by atoms with Crippen molar-refractivity contribution in [2.75, 3.05) is 17.7 Å². The Labute approximate surface area is 193 Å². The molecular formula is C21H16Cl4N2O3. The summed E-state index contributed by atoms with van der Waals surface area (Å²) >= 11 is 24.1. The third-order valence-corrected chi connectivity index (χ3v) is 5.19. The summed E-state index contributed by atoms with van der Waals surface area (Å²) in [6, 6.07) is 14.6. The molecule has 0 atom stereocenters. The minimum absolute atomic E-state index is 0.213. The normalized spacial score (nSPS) is 10.4. The van der Waals surface area contributed by atoms with Crippen molar-refractivity contribution in [3.05, 3.63) is 80.3 Å². The number of carbonyl (C=O) groups is 1. The van der Waals surface area contributed by atoms with Gasteiger partial charge < -0.3 is 20.1 Å². The quantitative estimate of drug-likeness (QED) is 0.379. The molecule has 0 aliphatic heterocycles. The average molecular weight is 486 g/mol. The third-order valence-electron chi connectivity index (χ3n) is 3.94. The Morgan fingerprint density at radius 2 is 1.63 bits per heavy atom. The van der Waals surface area contributed by atoms with Crippen molar-refractivity contribution in [1.82, 2.24) is 0 Å². The third kappa shape index (κ3) is 5.86. The summed E-state index contributed by atoms with van der Waals surface area (Å²) in [5, 5.41) is 6.99. The summed E-state index contributed by atoms with van der Waals surface area (Å²) in [5.41, 5.74) is 1.68. The van der Waals surface area contributed by atoms with Crippen LogP contribution in [0.1, 0.15) is 5.56 Å². The first kappa shape index (κ1) is 22.4. The smallest absolute Gasteiger partial charge is 0.323 e. The fourth-order valence-electron chi connectivity index (χ4n) is 2.61. The van der Waals surface area contributed by atoms with Crippen LogP contribution in [0.5, 0.6) is 11.5 Å². The first-order valence-electron chi connectivity index (χ1n) is 8.63. The lowest BCUT2D eigenvalue weighted by Gasteiger charge is -2.14. The molecule has 0 saturated carbocycles. The predicted molar refractivity (Wildman–Crippen MR) is 123 cm³/mol. The molecule has 0 aromatic heterocycles. The maximum Gasteiger partial charge on any atom is 0.323 e. The Morgan fingerprint density at radius 3 is 2.33 bits per heavy atom. The number of hydrogen-bond acceptors (Lipinski definition) is 3. The van der Waals surface area contributed by atoms with Crippen LogP contribution in [0.2, 0.25) is 20.1 Å². The van der Waals surface area contributed by atoms with Gasteiger partial charge in [-0.2, -0.15) is 0 Å². The highest BCUT2D eigenvalue weighted by Crippen LogP contribution is 2.32. The Balaban J connectivity index is 1.71. The molecule has 0 heterocycles. The first-order chi connectivity index (χ1) is 14.4. The summed E-state index contributed by atoms with van der Waals surface area (Å²) in [4.78, 5) is 12.3. The maximum absolute atomic E-state index is 12.3. The Morgan fingerprint density at radius 1 is 0.900 bits per heavy atom. The largest absolute Gasteiger partial charge is 0.493 e. The summed E-state index contributed by atoms with van der Waals surface area (Å²) < 4.78 is 11.2. The van der Waals surface area contributed by atoms with Crippen molar-refractivity contribution in [3.8, 4) is 11.5 Å². The van der Waals surface area contributed by atoms with Crippen LogP contribution >= 0.6 is 46.4 Å². The molecule has 0 radical (unpaired) electrons. The van der Waals surface area contributed by atoms with Crippen molar-refractivity contribution in [1.29, 1.82) is 0 Å². The Bertz CT molecular complexity index is 1060. The summed E-state index contributed by atoms with van der Waals surface area (Å²) in [6.45, 7) is 0.213. The molecule has 0 fully saturated rings. The van der Waals surface area contributed by atoms with Gasteiger partial charge in [0.15, 0.2) is 11.5 Å². The lowest BCUT2D eigenvalue weighted by atomic mass is 10.2. The van der Waals surface area contributed by atoms with E-state index in [0.29, 0.717) is 37.9 Å². The molecule has 30 heavy (non-hydrogen) atoms. The fourth-order valence-corrected chi connectivity index (χ4v) is 3.53. The molecule has 3 aromatic carbocycles. The van der Waals surface area contributed by atoms with Crippen molar-refractivity contribution in [3.63, 3.8) is 0 Å². The number of nitrogens with one attached hydrogen (secondary N) is 2. The van der Waals surface area contributed by atoms with Crippen LogP contribution < -0.4 is 20.1 Å². The molecule has 9 heteroatoms. The van der Waals surface area contributed by atoms with Crippen LogP contribution in [0.3, 0.4) is 0 Å². The van der Waals surface area contributed by atoms with Gasteiger partial charge in [-0.3, -0.25) is 0 Å². The lowest BCUT2D eigenvalue weighted by Crippen LogP contribution is -2.19. The van der Waals surface area contributed by atoms with Gasteiger partial charge in [0.2, 0.25) is 0 Å². The number of anilines is 2. The van der Waals surface area contributed by atoms with Crippen LogP contribution in [-0.2, 0) is 6.61 Å². The van der Waals surface area contributed by atoms with Crippen LogP contribution in [0, 0.1) is 0 Å². The molecule has 2 amide bonds. The second-order valence-corrected chi connectivity index (χ2v) is 7.77. The molecule has 0 saturated heterocycles. The van der Waals surface area contributed by atoms with Gasteiger partial charge in [0.1, 0.15) is 6.61 Å². The van der Waals surface area contributed by atoms with Gasteiger partial charge in [-0.15, -0.1) is 0 Å². The number of hydrogen-bond donors (Lipinski definition) is 2. The van der Waals surface area contributed by atoms with E-state index in [1.165, 1.54) is 7.11 Å². The maximum atomic E-state index is 12.3. The van der Waals surface area contributed by atoms with Gasteiger partial charge in [-0.1, -0.05) is 52.5 Å². The van der Waals surface area contributed by atoms with E-state index >= 15 is 0 Å². The topological polar surface area (TPSA) is 59.6 Å². The van der Waals surface area contributed by atoms with Crippen molar-refractivity contribution in [2.24, 2.45) is 0 Å². The fraction of sp³-hybridized carbons (Fsp3) is 0.0952. The van der Waals surface area contributed by atoms with Crippen molar-refractivity contribution in [2.45, 2.75) is 6.61 Å². The highest BCUT2D eigenvalue weighted by molar-refractivity contribution is 6.44. The molecule has 0 bridgehead atoms. The van der Waals surface area contributed by atoms with E-state index in [-0.39, 0.29) is 11.6 Å². The molecule has 2 N–H and O–H groups in total. The average Bonchev–Trinajstić information content (AvgIpc) is 2.69. The van der Waals surface area contributed by atoms with Crippen LogP contribution in [-0.4, -0.2) is 13.1 Å². The molecule has 156 valence electrons. The van der Waals surface area contributed by atoms with Gasteiger partial charge in [0.05, 0.1) is 22.8 Å². The highest BCUT2D eigenvalue weighted by atomic mass is 35.5. The zero-order chi connectivity index (χ0) is 21.7. The summed E-state index contributed by atoms with van der Waals surface area (Å²) in [7, 11) is 1.53. The second kappa shape index (κ2) is 10.1. The zero-order valence-electron chi connectivity index (χ0n) is 15.6. The second-order valence-electron chi connectivity index (χ2n) is 6.11. The van der Waals surface area contributed by atoms with Gasteiger partial charge >= 0.3 is 6.03 Å². The van der Waals surface area contributed by atoms with Gasteiger partial charge in [-0.25, -0.2) is 4.79 Å². The predicted octanol–water partition coefficient (Wildman–Crippen LogP) is 7.53. The van der Waals surface area contributed by atoms with Gasteiger partial charge in [0.25, 0.3) is 0 Å². The van der Waals surface area contributed by atoms with E-state index in [4.69, 9.17) is 55.9 Å². The van der Waals surface area contributed by atoms with Gasteiger partial charge in [0, 0.05) is 21.8 Å². The van der Waals surface area contributed by atoms with E-state index in [1.54, 1.807) is 54.6 Å². The summed E-state index contributed by atoms with van der Waals surface area (Å²) in [6.07, 6.45) is 0. The van der Waals surface area contributed by atoms with E-state index in [2.05, 4.69) is 10.6 Å². The number of carbonyl (C=O) groups excluding carboxylic acids is 1. The van der Waals surface area contributed by atoms with E-state index in [1.807, 2.05) is 0 Å². The SMILES string of the molecule is COc1ccc(NC(=O)Nc2cccc(Cl)c2Cl)cc1OCc1cc(Cl)cc(Cl)c1. The Hall–Kier alpha value is -2.31. The molecular weight excluding hydrogens is 470 g/mol. The number of methoxy groups -OCH3 is 1. The lowest BCUT2D eigenvalue weighted by molar-refractivity contribution is 0.262. The molecule has 0 aliphatic rings. The van der Waals surface area contributed by atoms with E-state index < -0.39 is 6.03 Å². The van der Waals surface area contributed by atoms with Gasteiger partial charge in [-0.05, 0) is 48.0 Å². The van der Waals surface area contributed by atoms with Crippen molar-refractivity contribution >= 4 is 63.8 Å². The molecule has 3 aromatic rings. The molecule has 3 rings (SSSR count). The zero-order valence-corrected chi connectivity index (χ0v) is 18.7. The molecule has 0 spiro atoms. The van der Waals surface area contributed by atoms with E-state index in [0.717, 1.165) is 5.56 Å². The van der Waals surface area contributed by atoms with Crippen LogP contribution in [0.15, 0.2) is 54.6 Å². The number of amides is 2. The van der Waals surface area contributed by atoms with Crippen molar-refractivity contribution < 1.29 is 14.3 Å². The molecule has 0 unspecified atom stereocenters. The molecule has 5 nitrogen and oxygen atoms in total. The van der Waals surface area contributed by atoms with E-state index in [9.17, 15) is 4.79 Å². The molecule has 0 aliphatic carbocycles.